The van der Waals surface area contributed by atoms with Crippen LogP contribution < -0.4 is 32.7 Å². The molecule has 0 aromatic carbocycles. The summed E-state index contributed by atoms with van der Waals surface area (Å²) >= 11 is 4.64. The van der Waals surface area contributed by atoms with Crippen LogP contribution in [0.25, 0.3) is 0 Å². The first kappa shape index (κ1) is 50.8. The predicted molar refractivity (Wildman–Crippen MR) is 229 cm³/mol. The van der Waals surface area contributed by atoms with Crippen molar-refractivity contribution in [2.24, 2.45) is 23.3 Å². The number of ether oxygens (including phenoxy) is 1. The van der Waals surface area contributed by atoms with Crippen LogP contribution in [0.4, 0.5) is 0 Å². The molecule has 12 bridgehead atoms. The van der Waals surface area contributed by atoms with Crippen molar-refractivity contribution in [3.63, 3.8) is 0 Å². The van der Waals surface area contributed by atoms with E-state index in [0.29, 0.717) is 5.54 Å². The number of esters is 1. The van der Waals surface area contributed by atoms with E-state index in [4.69, 9.17) is 21.3 Å². The van der Waals surface area contributed by atoms with Gasteiger partial charge in [0, 0.05) is 88.5 Å². The third-order valence-electron chi connectivity index (χ3n) is 14.3. The Kier molecular flexibility index (Phi) is 13.8. The number of aliphatic hydroxyl groups is 3. The highest BCUT2D eigenvalue weighted by atomic mass is 35.5. The van der Waals surface area contributed by atoms with E-state index in [1.807, 2.05) is 0 Å². The number of nitrogens with one attached hydrogen (secondary N) is 4. The van der Waals surface area contributed by atoms with E-state index >= 15 is 0 Å². The Labute approximate surface area is 366 Å². The van der Waals surface area contributed by atoms with Crippen LogP contribution in [-0.2, 0) is 33.5 Å². The largest absolute Gasteiger partial charge is 0.459 e. The molecule has 0 aromatic rings. The number of halogens is 1. The summed E-state index contributed by atoms with van der Waals surface area (Å²) in [4.78, 5) is 62.4. The summed E-state index contributed by atoms with van der Waals surface area (Å²) in [7, 11) is 0. The highest BCUT2D eigenvalue weighted by molar-refractivity contribution is 6.62. The summed E-state index contributed by atoms with van der Waals surface area (Å²) in [6.07, 6.45) is 17.2. The summed E-state index contributed by atoms with van der Waals surface area (Å²) in [5.74, 6) is 1.94. The van der Waals surface area contributed by atoms with Crippen molar-refractivity contribution in [1.29, 1.82) is 0 Å². The van der Waals surface area contributed by atoms with E-state index in [-0.39, 0.29) is 88.6 Å². The number of hydrogen-bond acceptors (Lipinski definition) is 12. The Morgan fingerprint density at radius 2 is 0.721 bits per heavy atom. The molecule has 18 rings (SSSR count). The summed E-state index contributed by atoms with van der Waals surface area (Å²) in [6, 6.07) is 0. The second kappa shape index (κ2) is 16.6. The van der Waals surface area contributed by atoms with Gasteiger partial charge in [-0.15, -0.1) is 0 Å². The van der Waals surface area contributed by atoms with Gasteiger partial charge >= 0.3 is 5.97 Å². The highest BCUT2D eigenvalue weighted by Crippen LogP contribution is 2.63. The number of hydrogen-bond donors (Lipinski definition) is 9. The Hall–Kier alpha value is -2.89. The first-order valence-corrected chi connectivity index (χ1v) is 21.5. The molecule has 0 atom stereocenters. The van der Waals surface area contributed by atoms with Crippen molar-refractivity contribution in [2.45, 2.75) is 228 Å². The first-order chi connectivity index (χ1) is 26.9. The molecule has 17 heteroatoms. The van der Waals surface area contributed by atoms with Gasteiger partial charge in [0.05, 0.1) is 22.3 Å². The maximum absolute atomic E-state index is 10.8. The fourth-order valence-electron chi connectivity index (χ4n) is 12.5. The molecule has 61 heavy (non-hydrogen) atoms. The quantitative estimate of drug-likeness (QED) is 0.143. The van der Waals surface area contributed by atoms with Crippen molar-refractivity contribution in [3.8, 4) is 0 Å². The van der Waals surface area contributed by atoms with Gasteiger partial charge in [-0.25, -0.2) is 0 Å². The lowest BCUT2D eigenvalue weighted by Crippen LogP contribution is -2.79. The fraction of sp³-hybridized carbons (Fsp3) is 0.864. The number of rotatable bonds is 5. The molecular formula is C44H75ClN6O10. The normalized spacial score (nSPS) is 45.3. The van der Waals surface area contributed by atoms with Gasteiger partial charge in [-0.3, -0.25) is 28.8 Å². The zero-order valence-corrected chi connectivity index (χ0v) is 36.4. The van der Waals surface area contributed by atoms with E-state index in [1.54, 1.807) is 6.92 Å². The van der Waals surface area contributed by atoms with Crippen LogP contribution in [0, 0.1) is 11.8 Å². The minimum atomic E-state index is -0.400. The van der Waals surface area contributed by atoms with Gasteiger partial charge in [0.25, 0.3) is 0 Å². The third kappa shape index (κ3) is 11.3. The molecule has 0 aromatic heterocycles. The van der Waals surface area contributed by atoms with Crippen LogP contribution in [0.2, 0.25) is 0 Å². The summed E-state index contributed by atoms with van der Waals surface area (Å²) in [5.41, 5.74) is 10.7. The van der Waals surface area contributed by atoms with E-state index in [0.717, 1.165) is 88.9 Å². The number of nitrogens with two attached hydrogens (primary N) is 2. The first-order valence-electron chi connectivity index (χ1n) is 21.1. The van der Waals surface area contributed by atoms with Crippen molar-refractivity contribution in [2.75, 3.05) is 0 Å². The van der Waals surface area contributed by atoms with Crippen molar-refractivity contribution in [3.05, 3.63) is 0 Å². The Morgan fingerprint density at radius 1 is 0.475 bits per heavy atom. The molecule has 18 aliphatic carbocycles. The second-order valence-corrected chi connectivity index (χ2v) is 22.1. The standard InChI is InChI=1S/C9H13NO3.2C7H11NO2.C7H11NO.C5H9NO.C5H9N.C2H3ClO.2CH4/c1-6(11)10-8-3-9(4-8,5-8)13-7(2)12;2*1-5(9)8-6-2-7(10,3-6)4-6;1-5(9)8-7-2-6(3-7)4-7;6-4-1-5(7,2-4)3-4;6-5-1-4(2-5)3-5;1-2(3)4;;/h3-5H2,1-2H3,(H,10,11);2*10H,2-4H2,1H3,(H,8,9);6H,2-4H2,1H3,(H,8,9);7H,1-3,6H2;4H,1-3,6H2;1H3;2*1H4. The average Bonchev–Trinajstić information content (AvgIpc) is 2.87. The molecule has 11 N–H and O–H groups in total. The molecule has 0 radical (unpaired) electrons. The number of amides is 4. The van der Waals surface area contributed by atoms with Crippen LogP contribution >= 0.6 is 11.6 Å². The van der Waals surface area contributed by atoms with Gasteiger partial charge in [-0.2, -0.15) is 0 Å². The van der Waals surface area contributed by atoms with Crippen LogP contribution in [0.15, 0.2) is 0 Å². The zero-order valence-electron chi connectivity index (χ0n) is 35.6. The van der Waals surface area contributed by atoms with E-state index in [1.165, 1.54) is 73.1 Å². The Bertz CT molecular complexity index is 1570. The van der Waals surface area contributed by atoms with Gasteiger partial charge in [0.1, 0.15) is 5.60 Å². The van der Waals surface area contributed by atoms with E-state index < -0.39 is 11.2 Å². The van der Waals surface area contributed by atoms with Gasteiger partial charge in [-0.05, 0) is 120 Å². The molecule has 0 heterocycles. The summed E-state index contributed by atoms with van der Waals surface area (Å²) < 4.78 is 5.16. The molecule has 0 unspecified atom stereocenters. The molecule has 16 nitrogen and oxygen atoms in total. The number of carbonyl (C=O) groups is 6. The van der Waals surface area contributed by atoms with Crippen molar-refractivity contribution in [1.82, 2.24) is 21.3 Å². The van der Waals surface area contributed by atoms with Crippen molar-refractivity contribution < 1.29 is 48.8 Å². The molecule has 18 aliphatic rings. The number of carbonyl (C=O) groups excluding carboxylic acids is 6. The van der Waals surface area contributed by atoms with Gasteiger partial charge in [0.15, 0.2) is 0 Å². The molecule has 18 saturated carbocycles. The van der Waals surface area contributed by atoms with Crippen LogP contribution in [0.5, 0.6) is 0 Å². The smallest absolute Gasteiger partial charge is 0.303 e. The van der Waals surface area contributed by atoms with Crippen molar-refractivity contribution >= 4 is 46.4 Å². The van der Waals surface area contributed by atoms with Crippen LogP contribution in [-0.4, -0.2) is 106 Å². The second-order valence-electron chi connectivity index (χ2n) is 21.6. The maximum atomic E-state index is 10.8. The highest BCUT2D eigenvalue weighted by Gasteiger charge is 2.71. The van der Waals surface area contributed by atoms with Crippen LogP contribution in [0.1, 0.15) is 172 Å². The zero-order chi connectivity index (χ0) is 43.9. The monoisotopic (exact) mass is 883 g/mol. The molecule has 348 valence electrons. The third-order valence-corrected chi connectivity index (χ3v) is 14.3. The lowest BCUT2D eigenvalue weighted by atomic mass is 9.46. The summed E-state index contributed by atoms with van der Waals surface area (Å²) in [5, 5.41) is 38.9. The summed E-state index contributed by atoms with van der Waals surface area (Å²) in [6.45, 7) is 8.86. The van der Waals surface area contributed by atoms with Gasteiger partial charge < -0.3 is 52.8 Å². The average molecular weight is 884 g/mol. The lowest BCUT2D eigenvalue weighted by Gasteiger charge is -2.68. The SMILES string of the molecule is C.C.CC(=O)Cl.CC(=O)NC12CC(C1)C2.CC(=O)NC12CC(O)(C1)C2.CC(=O)NC12CC(O)(C1)C2.CC(=O)NC12CC(OC(C)=O)(C1)C2.NC12CC(C1)C2.NC12CC(O)(C1)C2. The molecule has 4 amide bonds. The van der Waals surface area contributed by atoms with E-state index in [9.17, 15) is 39.0 Å². The fourth-order valence-corrected chi connectivity index (χ4v) is 12.5. The molecule has 18 fully saturated rings. The molecule has 0 saturated heterocycles. The topological polar surface area (TPSA) is 272 Å². The minimum Gasteiger partial charge on any atom is -0.459 e. The molecule has 0 spiro atoms. The van der Waals surface area contributed by atoms with Gasteiger partial charge in [-0.1, -0.05) is 14.9 Å². The molecular weight excluding hydrogens is 808 g/mol. The van der Waals surface area contributed by atoms with Crippen LogP contribution in [0.3, 0.4) is 0 Å². The maximum Gasteiger partial charge on any atom is 0.303 e. The Balaban J connectivity index is 0.000000159. The predicted octanol–water partition coefficient (Wildman–Crippen LogP) is 2.77. The minimum absolute atomic E-state index is 0. The van der Waals surface area contributed by atoms with E-state index in [2.05, 4.69) is 32.9 Å². The lowest BCUT2D eigenvalue weighted by molar-refractivity contribution is -0.241. The van der Waals surface area contributed by atoms with Gasteiger partial charge in [0.2, 0.25) is 28.9 Å². The molecule has 0 aliphatic heterocycles. The Morgan fingerprint density at radius 3 is 0.852 bits per heavy atom.